The third-order valence-corrected chi connectivity index (χ3v) is 4.45. The van der Waals surface area contributed by atoms with Crippen molar-refractivity contribution in [3.05, 3.63) is 57.6 Å². The van der Waals surface area contributed by atoms with E-state index in [0.717, 1.165) is 54.3 Å². The highest BCUT2D eigenvalue weighted by Crippen LogP contribution is 2.26. The van der Waals surface area contributed by atoms with Crippen molar-refractivity contribution >= 4 is 11.6 Å². The quantitative estimate of drug-likeness (QED) is 0.948. The molecule has 0 fully saturated rings. The summed E-state index contributed by atoms with van der Waals surface area (Å²) >= 11 is 6.04. The Hall–Kier alpha value is -1.45. The Balaban J connectivity index is 1.87. The molecule has 3 nitrogen and oxygen atoms in total. The number of nitrogens with zero attached hydrogens (tertiary/aromatic N) is 2. The molecule has 0 saturated carbocycles. The predicted molar refractivity (Wildman–Crippen MR) is 85.6 cm³/mol. The molecule has 1 heterocycles. The molecule has 0 spiro atoms. The molecule has 1 aliphatic rings. The second-order valence-corrected chi connectivity index (χ2v) is 6.24. The number of aromatic nitrogens is 2. The first-order valence-electron chi connectivity index (χ1n) is 7.45. The van der Waals surface area contributed by atoms with Crippen molar-refractivity contribution in [3.63, 3.8) is 0 Å². The Morgan fingerprint density at radius 2 is 2.19 bits per heavy atom. The van der Waals surface area contributed by atoms with Gasteiger partial charge in [-0.3, -0.25) is 0 Å². The molecular formula is C17H20ClN3. The van der Waals surface area contributed by atoms with Crippen molar-refractivity contribution in [1.29, 1.82) is 0 Å². The molecule has 1 aromatic carbocycles. The molecule has 1 aliphatic carbocycles. The molecule has 1 unspecified atom stereocenters. The predicted octanol–water partition coefficient (Wildman–Crippen LogP) is 3.09. The van der Waals surface area contributed by atoms with Gasteiger partial charge in [-0.1, -0.05) is 23.7 Å². The minimum absolute atomic E-state index is 0.582. The summed E-state index contributed by atoms with van der Waals surface area (Å²) in [6.07, 6.45) is 3.91. The van der Waals surface area contributed by atoms with Crippen LogP contribution in [0, 0.1) is 12.8 Å². The molecule has 2 aromatic rings. The lowest BCUT2D eigenvalue weighted by Gasteiger charge is -2.24. The zero-order valence-electron chi connectivity index (χ0n) is 12.3. The lowest BCUT2D eigenvalue weighted by molar-refractivity contribution is 0.458. The Bertz CT molecular complexity index is 654. The number of hydrogen-bond donors (Lipinski definition) is 1. The van der Waals surface area contributed by atoms with Gasteiger partial charge in [0.25, 0.3) is 0 Å². The van der Waals surface area contributed by atoms with Crippen molar-refractivity contribution in [2.45, 2.75) is 32.6 Å². The minimum Gasteiger partial charge on any atom is -0.330 e. The number of nitrogens with two attached hydrogens (primary N) is 1. The zero-order chi connectivity index (χ0) is 14.8. The molecule has 110 valence electrons. The average Bonchev–Trinajstić information content (AvgIpc) is 2.47. The van der Waals surface area contributed by atoms with Gasteiger partial charge in [0.2, 0.25) is 0 Å². The van der Waals surface area contributed by atoms with Gasteiger partial charge in [0, 0.05) is 22.8 Å². The fourth-order valence-corrected chi connectivity index (χ4v) is 3.24. The monoisotopic (exact) mass is 301 g/mol. The van der Waals surface area contributed by atoms with Crippen LogP contribution in [0.4, 0.5) is 0 Å². The minimum atomic E-state index is 0.582. The van der Waals surface area contributed by atoms with Crippen LogP contribution in [-0.4, -0.2) is 16.5 Å². The van der Waals surface area contributed by atoms with E-state index in [2.05, 4.69) is 18.0 Å². The molecule has 2 N–H and O–H groups in total. The molecule has 4 heteroatoms. The van der Waals surface area contributed by atoms with E-state index in [1.165, 1.54) is 11.3 Å². The molecule has 1 atom stereocenters. The van der Waals surface area contributed by atoms with Crippen LogP contribution in [0.5, 0.6) is 0 Å². The maximum Gasteiger partial charge on any atom is 0.133 e. The molecule has 1 aromatic heterocycles. The van der Waals surface area contributed by atoms with E-state index in [1.807, 2.05) is 18.2 Å². The molecule has 0 amide bonds. The fraction of sp³-hybridized carbons (Fsp3) is 0.412. The van der Waals surface area contributed by atoms with Gasteiger partial charge >= 0.3 is 0 Å². The number of benzene rings is 1. The summed E-state index contributed by atoms with van der Waals surface area (Å²) in [4.78, 5) is 9.46. The van der Waals surface area contributed by atoms with Gasteiger partial charge in [-0.25, -0.2) is 9.97 Å². The van der Waals surface area contributed by atoms with Gasteiger partial charge in [0.05, 0.1) is 0 Å². The van der Waals surface area contributed by atoms with Crippen LogP contribution in [0.2, 0.25) is 5.02 Å². The highest BCUT2D eigenvalue weighted by molar-refractivity contribution is 6.30. The van der Waals surface area contributed by atoms with Gasteiger partial charge in [0.15, 0.2) is 0 Å². The fourth-order valence-electron chi connectivity index (χ4n) is 3.03. The number of aryl methyl sites for hydroxylation is 2. The average molecular weight is 302 g/mol. The van der Waals surface area contributed by atoms with E-state index in [4.69, 9.17) is 22.3 Å². The van der Waals surface area contributed by atoms with E-state index in [-0.39, 0.29) is 0 Å². The summed E-state index contributed by atoms with van der Waals surface area (Å²) in [6, 6.07) is 7.89. The summed E-state index contributed by atoms with van der Waals surface area (Å²) in [6.45, 7) is 2.84. The first-order valence-corrected chi connectivity index (χ1v) is 7.83. The Morgan fingerprint density at radius 1 is 1.33 bits per heavy atom. The topological polar surface area (TPSA) is 51.8 Å². The van der Waals surface area contributed by atoms with Crippen molar-refractivity contribution in [3.8, 4) is 0 Å². The molecule has 0 saturated heterocycles. The van der Waals surface area contributed by atoms with Crippen molar-refractivity contribution in [2.24, 2.45) is 11.7 Å². The van der Waals surface area contributed by atoms with Gasteiger partial charge in [0.1, 0.15) is 5.82 Å². The number of rotatable bonds is 3. The molecule has 3 rings (SSSR count). The maximum atomic E-state index is 6.04. The summed E-state index contributed by atoms with van der Waals surface area (Å²) in [5.41, 5.74) is 10.6. The second-order valence-electron chi connectivity index (χ2n) is 5.80. The summed E-state index contributed by atoms with van der Waals surface area (Å²) in [5.74, 6) is 1.47. The van der Waals surface area contributed by atoms with Crippen LogP contribution >= 0.6 is 11.6 Å². The third-order valence-electron chi connectivity index (χ3n) is 4.21. The highest BCUT2D eigenvalue weighted by atomic mass is 35.5. The molecule has 0 radical (unpaired) electrons. The van der Waals surface area contributed by atoms with Crippen molar-refractivity contribution < 1.29 is 0 Å². The van der Waals surface area contributed by atoms with Crippen LogP contribution in [0.3, 0.4) is 0 Å². The SMILES string of the molecule is Cc1nc(Cc2cccc(Cl)c2)nc2c1CC(CN)CC2. The largest absolute Gasteiger partial charge is 0.330 e. The van der Waals surface area contributed by atoms with Crippen molar-refractivity contribution in [1.82, 2.24) is 9.97 Å². The zero-order valence-corrected chi connectivity index (χ0v) is 13.0. The Morgan fingerprint density at radius 3 is 2.95 bits per heavy atom. The molecule has 21 heavy (non-hydrogen) atoms. The normalized spacial score (nSPS) is 17.6. The summed E-state index contributed by atoms with van der Waals surface area (Å²) < 4.78 is 0. The Kier molecular flexibility index (Phi) is 4.22. The number of halogens is 1. The van der Waals surface area contributed by atoms with Gasteiger partial charge in [-0.15, -0.1) is 0 Å². The van der Waals surface area contributed by atoms with Gasteiger partial charge < -0.3 is 5.73 Å². The van der Waals surface area contributed by atoms with E-state index in [1.54, 1.807) is 0 Å². The third kappa shape index (κ3) is 3.25. The highest BCUT2D eigenvalue weighted by Gasteiger charge is 2.21. The van der Waals surface area contributed by atoms with E-state index in [9.17, 15) is 0 Å². The molecular weight excluding hydrogens is 282 g/mol. The second kappa shape index (κ2) is 6.12. The van der Waals surface area contributed by atoms with E-state index >= 15 is 0 Å². The first-order chi connectivity index (χ1) is 10.2. The lowest BCUT2D eigenvalue weighted by atomic mass is 9.86. The molecule has 0 aliphatic heterocycles. The standard InChI is InChI=1S/C17H20ClN3/c1-11-15-8-13(10-19)5-6-16(15)21-17(20-11)9-12-3-2-4-14(18)7-12/h2-4,7,13H,5-6,8-10,19H2,1H3. The van der Waals surface area contributed by atoms with Gasteiger partial charge in [-0.2, -0.15) is 0 Å². The van der Waals surface area contributed by atoms with Gasteiger partial charge in [-0.05, 0) is 61.9 Å². The van der Waals surface area contributed by atoms with Crippen molar-refractivity contribution in [2.75, 3.05) is 6.54 Å². The molecule has 0 bridgehead atoms. The van der Waals surface area contributed by atoms with E-state index < -0.39 is 0 Å². The van der Waals surface area contributed by atoms with Crippen LogP contribution in [-0.2, 0) is 19.3 Å². The van der Waals surface area contributed by atoms with Crippen LogP contribution in [0.25, 0.3) is 0 Å². The van der Waals surface area contributed by atoms with Crippen LogP contribution in [0.1, 0.15) is 34.8 Å². The maximum absolute atomic E-state index is 6.04. The summed E-state index contributed by atoms with van der Waals surface area (Å²) in [5, 5.41) is 0.757. The number of fused-ring (bicyclic) bond motifs is 1. The summed E-state index contributed by atoms with van der Waals surface area (Å²) in [7, 11) is 0. The lowest BCUT2D eigenvalue weighted by Crippen LogP contribution is -2.24. The number of hydrogen-bond acceptors (Lipinski definition) is 3. The van der Waals surface area contributed by atoms with E-state index in [0.29, 0.717) is 5.92 Å². The van der Waals surface area contributed by atoms with Crippen LogP contribution < -0.4 is 5.73 Å². The smallest absolute Gasteiger partial charge is 0.133 e. The Labute approximate surface area is 130 Å². The van der Waals surface area contributed by atoms with Crippen LogP contribution in [0.15, 0.2) is 24.3 Å². The first kappa shape index (κ1) is 14.5.